The summed E-state index contributed by atoms with van der Waals surface area (Å²) >= 11 is 0. The Balaban J connectivity index is 1.58. The Bertz CT molecular complexity index is 1160. The molecule has 0 saturated carbocycles. The van der Waals surface area contributed by atoms with Crippen molar-refractivity contribution >= 4 is 21.6 Å². The van der Waals surface area contributed by atoms with Gasteiger partial charge < -0.3 is 10.1 Å². The van der Waals surface area contributed by atoms with Crippen molar-refractivity contribution in [3.63, 3.8) is 0 Å². The molecular formula is C25H28N2O4S. The van der Waals surface area contributed by atoms with Gasteiger partial charge in [0.05, 0.1) is 25.0 Å². The summed E-state index contributed by atoms with van der Waals surface area (Å²) in [6, 6.07) is 22.0. The number of sulfonamides is 1. The molecule has 3 aromatic carbocycles. The van der Waals surface area contributed by atoms with E-state index in [4.69, 9.17) is 4.74 Å². The van der Waals surface area contributed by atoms with Crippen LogP contribution in [0.2, 0.25) is 0 Å². The van der Waals surface area contributed by atoms with E-state index < -0.39 is 10.0 Å². The van der Waals surface area contributed by atoms with Gasteiger partial charge in [-0.15, -0.1) is 0 Å². The molecule has 32 heavy (non-hydrogen) atoms. The van der Waals surface area contributed by atoms with Crippen molar-refractivity contribution in [3.8, 4) is 5.75 Å². The van der Waals surface area contributed by atoms with E-state index in [1.807, 2.05) is 50.2 Å². The third-order valence-corrected chi connectivity index (χ3v) is 6.14. The van der Waals surface area contributed by atoms with Crippen molar-refractivity contribution in [1.82, 2.24) is 5.32 Å². The molecule has 0 saturated heterocycles. The Morgan fingerprint density at radius 2 is 1.59 bits per heavy atom. The molecule has 6 nitrogen and oxygen atoms in total. The minimum absolute atomic E-state index is 0.189. The lowest BCUT2D eigenvalue weighted by Crippen LogP contribution is -2.29. The van der Waals surface area contributed by atoms with E-state index in [2.05, 4.69) is 5.32 Å². The lowest BCUT2D eigenvalue weighted by Gasteiger charge is -2.22. The van der Waals surface area contributed by atoms with Crippen LogP contribution >= 0.6 is 0 Å². The Labute approximate surface area is 189 Å². The number of ether oxygens (including phenoxy) is 1. The number of carbonyl (C=O) groups excluding carboxylic acids is 1. The van der Waals surface area contributed by atoms with Crippen LogP contribution in [0.4, 0.5) is 5.69 Å². The van der Waals surface area contributed by atoms with E-state index in [1.54, 1.807) is 36.4 Å². The lowest BCUT2D eigenvalue weighted by atomic mass is 10.1. The molecular weight excluding hydrogens is 424 g/mol. The van der Waals surface area contributed by atoms with Gasteiger partial charge in [-0.2, -0.15) is 0 Å². The molecule has 0 aliphatic heterocycles. The molecule has 0 atom stereocenters. The SMILES string of the molecule is Cc1ccc(N(Cc2ccc(C(=O)NCCOc3ccccc3C)cc2)S(C)(=O)=O)cc1. The maximum absolute atomic E-state index is 12.4. The molecule has 3 rings (SSSR count). The van der Waals surface area contributed by atoms with Gasteiger partial charge in [-0.3, -0.25) is 9.10 Å². The molecule has 1 N–H and O–H groups in total. The summed E-state index contributed by atoms with van der Waals surface area (Å²) in [7, 11) is -3.46. The summed E-state index contributed by atoms with van der Waals surface area (Å²) in [4.78, 5) is 12.4. The highest BCUT2D eigenvalue weighted by molar-refractivity contribution is 7.92. The number of para-hydroxylation sites is 1. The predicted octanol–water partition coefficient (Wildman–Crippen LogP) is 4.08. The number of hydrogen-bond donors (Lipinski definition) is 1. The predicted molar refractivity (Wildman–Crippen MR) is 128 cm³/mol. The monoisotopic (exact) mass is 452 g/mol. The molecule has 7 heteroatoms. The lowest BCUT2D eigenvalue weighted by molar-refractivity contribution is 0.0947. The van der Waals surface area contributed by atoms with E-state index in [1.165, 1.54) is 10.6 Å². The van der Waals surface area contributed by atoms with Gasteiger partial charge in [-0.1, -0.05) is 48.0 Å². The van der Waals surface area contributed by atoms with Crippen LogP contribution in [-0.2, 0) is 16.6 Å². The first-order valence-corrected chi connectivity index (χ1v) is 12.2. The van der Waals surface area contributed by atoms with E-state index in [0.29, 0.717) is 24.4 Å². The third-order valence-electron chi connectivity index (χ3n) is 5.00. The van der Waals surface area contributed by atoms with Crippen molar-refractivity contribution < 1.29 is 17.9 Å². The van der Waals surface area contributed by atoms with Gasteiger partial charge in [0, 0.05) is 5.56 Å². The topological polar surface area (TPSA) is 75.7 Å². The number of rotatable bonds is 9. The first kappa shape index (κ1) is 23.3. The standard InChI is InChI=1S/C25H28N2O4S/c1-19-8-14-23(15-9-19)27(32(3,29)30)18-21-10-12-22(13-11-21)25(28)26-16-17-31-24-7-5-4-6-20(24)2/h4-15H,16-18H2,1-3H3,(H,26,28). The van der Waals surface area contributed by atoms with Crippen LogP contribution < -0.4 is 14.4 Å². The van der Waals surface area contributed by atoms with Crippen LogP contribution in [0.1, 0.15) is 27.0 Å². The Morgan fingerprint density at radius 1 is 0.938 bits per heavy atom. The summed E-state index contributed by atoms with van der Waals surface area (Å²) in [6.07, 6.45) is 1.19. The van der Waals surface area contributed by atoms with Crippen LogP contribution in [0.5, 0.6) is 5.75 Å². The number of benzene rings is 3. The molecule has 1 amide bonds. The molecule has 0 radical (unpaired) electrons. The fourth-order valence-electron chi connectivity index (χ4n) is 3.18. The number of carbonyl (C=O) groups is 1. The second-order valence-electron chi connectivity index (χ2n) is 7.67. The van der Waals surface area contributed by atoms with Crippen LogP contribution in [0.15, 0.2) is 72.8 Å². The van der Waals surface area contributed by atoms with Crippen LogP contribution in [0.3, 0.4) is 0 Å². The van der Waals surface area contributed by atoms with Gasteiger partial charge in [0.1, 0.15) is 12.4 Å². The molecule has 0 aliphatic carbocycles. The number of aryl methyl sites for hydroxylation is 2. The number of anilines is 1. The molecule has 0 aromatic heterocycles. The van der Waals surface area contributed by atoms with Crippen molar-refractivity contribution in [2.24, 2.45) is 0 Å². The summed E-state index contributed by atoms with van der Waals surface area (Å²) in [5.74, 6) is 0.596. The van der Waals surface area contributed by atoms with Crippen molar-refractivity contribution in [3.05, 3.63) is 95.1 Å². The number of nitrogens with one attached hydrogen (secondary N) is 1. The highest BCUT2D eigenvalue weighted by Gasteiger charge is 2.18. The number of hydrogen-bond acceptors (Lipinski definition) is 4. The fourth-order valence-corrected chi connectivity index (χ4v) is 4.07. The van der Waals surface area contributed by atoms with E-state index in [-0.39, 0.29) is 12.5 Å². The smallest absolute Gasteiger partial charge is 0.251 e. The molecule has 0 spiro atoms. The Kier molecular flexibility index (Phi) is 7.53. The average Bonchev–Trinajstić information content (AvgIpc) is 2.76. The van der Waals surface area contributed by atoms with Gasteiger partial charge in [0.2, 0.25) is 10.0 Å². The van der Waals surface area contributed by atoms with Crippen LogP contribution in [0, 0.1) is 13.8 Å². The first-order chi connectivity index (χ1) is 15.2. The van der Waals surface area contributed by atoms with Gasteiger partial charge in [-0.25, -0.2) is 8.42 Å². The van der Waals surface area contributed by atoms with Gasteiger partial charge in [0.25, 0.3) is 5.91 Å². The van der Waals surface area contributed by atoms with Gasteiger partial charge >= 0.3 is 0 Å². The maximum atomic E-state index is 12.4. The van der Waals surface area contributed by atoms with Crippen molar-refractivity contribution in [1.29, 1.82) is 0 Å². The van der Waals surface area contributed by atoms with E-state index >= 15 is 0 Å². The Morgan fingerprint density at radius 3 is 2.22 bits per heavy atom. The highest BCUT2D eigenvalue weighted by Crippen LogP contribution is 2.21. The zero-order valence-corrected chi connectivity index (χ0v) is 19.4. The average molecular weight is 453 g/mol. The summed E-state index contributed by atoms with van der Waals surface area (Å²) in [6.45, 7) is 4.86. The Hall–Kier alpha value is -3.32. The second kappa shape index (κ2) is 10.3. The molecule has 168 valence electrons. The zero-order chi connectivity index (χ0) is 23.1. The van der Waals surface area contributed by atoms with Crippen LogP contribution in [-0.4, -0.2) is 33.7 Å². The van der Waals surface area contributed by atoms with E-state index in [9.17, 15) is 13.2 Å². The summed E-state index contributed by atoms with van der Waals surface area (Å²) in [5, 5.41) is 2.83. The molecule has 0 fully saturated rings. The molecule has 0 bridgehead atoms. The van der Waals surface area contributed by atoms with Crippen molar-refractivity contribution in [2.45, 2.75) is 20.4 Å². The highest BCUT2D eigenvalue weighted by atomic mass is 32.2. The number of nitrogens with zero attached hydrogens (tertiary/aromatic N) is 1. The van der Waals surface area contributed by atoms with E-state index in [0.717, 1.165) is 22.4 Å². The largest absolute Gasteiger partial charge is 0.491 e. The van der Waals surface area contributed by atoms with Gasteiger partial charge in [0.15, 0.2) is 0 Å². The molecule has 0 aliphatic rings. The van der Waals surface area contributed by atoms with Crippen LogP contribution in [0.25, 0.3) is 0 Å². The van der Waals surface area contributed by atoms with Gasteiger partial charge in [-0.05, 0) is 55.3 Å². The second-order valence-corrected chi connectivity index (χ2v) is 9.58. The quantitative estimate of drug-likeness (QED) is 0.497. The summed E-state index contributed by atoms with van der Waals surface area (Å²) in [5.41, 5.74) is 4.00. The molecule has 3 aromatic rings. The number of amides is 1. The normalized spacial score (nSPS) is 11.1. The maximum Gasteiger partial charge on any atom is 0.251 e. The minimum Gasteiger partial charge on any atom is -0.491 e. The zero-order valence-electron chi connectivity index (χ0n) is 18.5. The minimum atomic E-state index is -3.46. The van der Waals surface area contributed by atoms with Crippen molar-refractivity contribution in [2.75, 3.05) is 23.7 Å². The fraction of sp³-hybridized carbons (Fsp3) is 0.240. The third kappa shape index (κ3) is 6.34. The molecule has 0 heterocycles. The summed E-state index contributed by atoms with van der Waals surface area (Å²) < 4.78 is 31.7. The molecule has 0 unspecified atom stereocenters. The first-order valence-electron chi connectivity index (χ1n) is 10.3.